The number of aromatic nitrogens is 3. The van der Waals surface area contributed by atoms with E-state index in [2.05, 4.69) is 10.1 Å². The van der Waals surface area contributed by atoms with Gasteiger partial charge in [-0.25, -0.2) is 14.1 Å². The topological polar surface area (TPSA) is 88.3 Å². The fourth-order valence-electron chi connectivity index (χ4n) is 3.43. The molecule has 0 bridgehead atoms. The molecule has 3 rings (SSSR count). The summed E-state index contributed by atoms with van der Waals surface area (Å²) in [4.78, 5) is 30.1. The average Bonchev–Trinajstić information content (AvgIpc) is 3.06. The van der Waals surface area contributed by atoms with Crippen molar-refractivity contribution in [3.8, 4) is 5.69 Å². The molecule has 1 N–H and O–H groups in total. The minimum Gasteiger partial charge on any atom is -0.481 e. The molecule has 1 amide bonds. The van der Waals surface area contributed by atoms with Crippen LogP contribution in [0, 0.1) is 17.7 Å². The van der Waals surface area contributed by atoms with E-state index in [0.29, 0.717) is 25.3 Å². The van der Waals surface area contributed by atoms with Crippen LogP contribution in [-0.2, 0) is 4.79 Å². The Labute approximate surface area is 156 Å². The van der Waals surface area contributed by atoms with Crippen molar-refractivity contribution < 1.29 is 19.1 Å². The smallest absolute Gasteiger partial charge is 0.306 e. The Morgan fingerprint density at radius 2 is 2.00 bits per heavy atom. The highest BCUT2D eigenvalue weighted by molar-refractivity contribution is 5.90. The second-order valence-electron chi connectivity index (χ2n) is 7.27. The summed E-state index contributed by atoms with van der Waals surface area (Å²) >= 11 is 0. The number of likely N-dealkylation sites (tertiary alicyclic amines) is 1. The van der Waals surface area contributed by atoms with Crippen LogP contribution >= 0.6 is 0 Å². The van der Waals surface area contributed by atoms with Crippen molar-refractivity contribution in [1.82, 2.24) is 19.7 Å². The van der Waals surface area contributed by atoms with Gasteiger partial charge in [0.2, 0.25) is 5.82 Å². The number of rotatable bonds is 4. The van der Waals surface area contributed by atoms with Gasteiger partial charge in [0.15, 0.2) is 0 Å². The third-order valence-electron chi connectivity index (χ3n) is 4.93. The van der Waals surface area contributed by atoms with Crippen LogP contribution in [0.3, 0.4) is 0 Å². The van der Waals surface area contributed by atoms with E-state index in [1.165, 1.54) is 10.7 Å². The molecular formula is C19H23FN4O3. The predicted molar refractivity (Wildman–Crippen MR) is 96.2 cm³/mol. The van der Waals surface area contributed by atoms with Gasteiger partial charge in [0.05, 0.1) is 5.92 Å². The highest BCUT2D eigenvalue weighted by Gasteiger charge is 2.34. The molecule has 1 fully saturated rings. The monoisotopic (exact) mass is 374 g/mol. The normalized spacial score (nSPS) is 20.1. The molecule has 27 heavy (non-hydrogen) atoms. The van der Waals surface area contributed by atoms with Crippen LogP contribution in [0.5, 0.6) is 0 Å². The zero-order valence-corrected chi connectivity index (χ0v) is 15.6. The Morgan fingerprint density at radius 3 is 2.59 bits per heavy atom. The second kappa shape index (κ2) is 7.46. The Bertz CT molecular complexity index is 864. The van der Waals surface area contributed by atoms with Crippen molar-refractivity contribution in [2.45, 2.75) is 33.1 Å². The minimum atomic E-state index is -0.835. The third-order valence-corrected chi connectivity index (χ3v) is 4.93. The summed E-state index contributed by atoms with van der Waals surface area (Å²) in [6.07, 6.45) is 0.396. The Morgan fingerprint density at radius 1 is 1.30 bits per heavy atom. The molecule has 2 atom stereocenters. The van der Waals surface area contributed by atoms with E-state index >= 15 is 0 Å². The van der Waals surface area contributed by atoms with E-state index in [4.69, 9.17) is 0 Å². The molecule has 7 nitrogen and oxygen atoms in total. The van der Waals surface area contributed by atoms with Gasteiger partial charge in [-0.3, -0.25) is 9.59 Å². The van der Waals surface area contributed by atoms with Crippen LogP contribution in [0.25, 0.3) is 5.69 Å². The van der Waals surface area contributed by atoms with Crippen molar-refractivity contribution in [2.24, 2.45) is 11.8 Å². The molecule has 0 spiro atoms. The molecule has 1 aromatic carbocycles. The number of aliphatic carboxylic acids is 1. The molecule has 144 valence electrons. The number of carboxylic acid groups (broad SMARTS) is 1. The van der Waals surface area contributed by atoms with Crippen molar-refractivity contribution in [1.29, 1.82) is 0 Å². The van der Waals surface area contributed by atoms with E-state index in [-0.39, 0.29) is 29.3 Å². The zero-order chi connectivity index (χ0) is 19.7. The second-order valence-corrected chi connectivity index (χ2v) is 7.27. The van der Waals surface area contributed by atoms with Gasteiger partial charge >= 0.3 is 5.97 Å². The van der Waals surface area contributed by atoms with Crippen LogP contribution in [0.15, 0.2) is 24.3 Å². The molecule has 8 heteroatoms. The van der Waals surface area contributed by atoms with Gasteiger partial charge in [0.1, 0.15) is 17.3 Å². The first-order chi connectivity index (χ1) is 12.8. The first-order valence-corrected chi connectivity index (χ1v) is 9.03. The number of piperidine rings is 1. The number of carboxylic acids is 1. The molecule has 0 saturated carbocycles. The van der Waals surface area contributed by atoms with Gasteiger partial charge in [0, 0.05) is 19.0 Å². The molecule has 1 aromatic heterocycles. The summed E-state index contributed by atoms with van der Waals surface area (Å²) in [7, 11) is 0. The zero-order valence-electron chi connectivity index (χ0n) is 15.6. The van der Waals surface area contributed by atoms with E-state index in [1.54, 1.807) is 23.1 Å². The summed E-state index contributed by atoms with van der Waals surface area (Å²) < 4.78 is 15.6. The van der Waals surface area contributed by atoms with Crippen molar-refractivity contribution >= 4 is 11.9 Å². The van der Waals surface area contributed by atoms with Gasteiger partial charge < -0.3 is 10.0 Å². The first kappa shape index (κ1) is 19.0. The molecular weight excluding hydrogens is 351 g/mol. The summed E-state index contributed by atoms with van der Waals surface area (Å²) in [5.74, 6) is -1.81. The number of halogens is 1. The molecule has 1 aliphatic rings. The van der Waals surface area contributed by atoms with Crippen LogP contribution in [0.2, 0.25) is 0 Å². The van der Waals surface area contributed by atoms with E-state index < -0.39 is 17.7 Å². The van der Waals surface area contributed by atoms with Crippen molar-refractivity contribution in [3.05, 3.63) is 41.7 Å². The molecule has 1 saturated heterocycles. The Hall–Kier alpha value is -2.77. The lowest BCUT2D eigenvalue weighted by atomic mass is 9.87. The maximum Gasteiger partial charge on any atom is 0.306 e. The summed E-state index contributed by atoms with van der Waals surface area (Å²) in [6.45, 7) is 6.29. The highest BCUT2D eigenvalue weighted by Crippen LogP contribution is 2.25. The lowest BCUT2D eigenvalue weighted by Crippen LogP contribution is -2.45. The predicted octanol–water partition coefficient (Wildman–Crippen LogP) is 2.71. The Balaban J connectivity index is 1.90. The van der Waals surface area contributed by atoms with Gasteiger partial charge in [-0.05, 0) is 24.5 Å². The maximum atomic E-state index is 14.2. The number of hydrogen-bond acceptors (Lipinski definition) is 4. The number of benzene rings is 1. The SMILES string of the molecule is CC(C)c1nc(C(=O)N2CCC(C(=O)O)C(C)C2)nn1-c1ccccc1F. The molecule has 0 aliphatic carbocycles. The number of carbonyl (C=O) groups excluding carboxylic acids is 1. The summed E-state index contributed by atoms with van der Waals surface area (Å²) in [6, 6.07) is 6.21. The van der Waals surface area contributed by atoms with Crippen LogP contribution in [0.1, 0.15) is 49.6 Å². The van der Waals surface area contributed by atoms with Crippen LogP contribution < -0.4 is 0 Å². The van der Waals surface area contributed by atoms with E-state index in [1.807, 2.05) is 20.8 Å². The molecule has 2 unspecified atom stereocenters. The molecule has 0 radical (unpaired) electrons. The van der Waals surface area contributed by atoms with E-state index in [9.17, 15) is 19.1 Å². The molecule has 1 aliphatic heterocycles. The lowest BCUT2D eigenvalue weighted by molar-refractivity contribution is -0.145. The van der Waals surface area contributed by atoms with Gasteiger partial charge in [-0.1, -0.05) is 32.9 Å². The standard InChI is InChI=1S/C19H23FN4O3/c1-11(2)17-21-16(22-24(17)15-7-5-4-6-14(15)20)18(25)23-9-8-13(19(26)27)12(3)10-23/h4-7,11-13H,8-10H2,1-3H3,(H,26,27). The number of carbonyl (C=O) groups is 2. The summed E-state index contributed by atoms with van der Waals surface area (Å²) in [5.41, 5.74) is 0.241. The number of nitrogens with zero attached hydrogens (tertiary/aromatic N) is 4. The fraction of sp³-hybridized carbons (Fsp3) is 0.474. The third kappa shape index (κ3) is 3.70. The van der Waals surface area contributed by atoms with Crippen molar-refractivity contribution in [2.75, 3.05) is 13.1 Å². The van der Waals surface area contributed by atoms with Crippen molar-refractivity contribution in [3.63, 3.8) is 0 Å². The molecule has 2 heterocycles. The van der Waals surface area contributed by atoms with Gasteiger partial charge in [-0.15, -0.1) is 5.10 Å². The number of para-hydroxylation sites is 1. The maximum absolute atomic E-state index is 14.2. The minimum absolute atomic E-state index is 0.00271. The first-order valence-electron chi connectivity index (χ1n) is 9.03. The molecule has 2 aromatic rings. The van der Waals surface area contributed by atoms with Crippen LogP contribution in [-0.4, -0.2) is 49.7 Å². The lowest BCUT2D eigenvalue weighted by Gasteiger charge is -2.34. The highest BCUT2D eigenvalue weighted by atomic mass is 19.1. The van der Waals surface area contributed by atoms with Gasteiger partial charge in [0.25, 0.3) is 5.91 Å². The fourth-order valence-corrected chi connectivity index (χ4v) is 3.43. The quantitative estimate of drug-likeness (QED) is 0.889. The van der Waals surface area contributed by atoms with Crippen LogP contribution in [0.4, 0.5) is 4.39 Å². The number of amides is 1. The number of hydrogen-bond donors (Lipinski definition) is 1. The summed E-state index contributed by atoms with van der Waals surface area (Å²) in [5, 5.41) is 13.5. The van der Waals surface area contributed by atoms with E-state index in [0.717, 1.165) is 0 Å². The average molecular weight is 374 g/mol. The van der Waals surface area contributed by atoms with Gasteiger partial charge in [-0.2, -0.15) is 0 Å². The Kier molecular flexibility index (Phi) is 5.25. The largest absolute Gasteiger partial charge is 0.481 e.